The van der Waals surface area contributed by atoms with Crippen molar-refractivity contribution in [3.8, 4) is 5.75 Å². The third-order valence-electron chi connectivity index (χ3n) is 3.45. The van der Waals surface area contributed by atoms with E-state index in [9.17, 15) is 0 Å². The van der Waals surface area contributed by atoms with E-state index in [1.165, 1.54) is 16.7 Å². The van der Waals surface area contributed by atoms with Gasteiger partial charge < -0.3 is 10.1 Å². The summed E-state index contributed by atoms with van der Waals surface area (Å²) in [4.78, 5) is 0. The van der Waals surface area contributed by atoms with E-state index in [1.807, 2.05) is 19.1 Å². The lowest BCUT2D eigenvalue weighted by molar-refractivity contribution is 0.335. The normalized spacial score (nSPS) is 12.2. The maximum atomic E-state index is 5.65. The molecule has 2 rings (SSSR count). The Hall–Kier alpha value is -1.80. The summed E-state index contributed by atoms with van der Waals surface area (Å²) in [7, 11) is 0. The summed E-state index contributed by atoms with van der Waals surface area (Å²) in [5, 5.41) is 3.55. The third-order valence-corrected chi connectivity index (χ3v) is 3.45. The summed E-state index contributed by atoms with van der Waals surface area (Å²) in [6.45, 7) is 7.82. The third kappa shape index (κ3) is 3.84. The molecular formula is C18H23NO. The zero-order chi connectivity index (χ0) is 14.4. The van der Waals surface area contributed by atoms with Crippen LogP contribution in [0.15, 0.2) is 48.5 Å². The van der Waals surface area contributed by atoms with Gasteiger partial charge in [0.25, 0.3) is 0 Å². The standard InChI is InChI=1S/C18H23NO/c1-4-20-18-8-6-5-7-17(18)13-19-15(3)16-11-9-14(2)10-12-16/h5-12,15,19H,4,13H2,1-3H3. The van der Waals surface area contributed by atoms with Crippen molar-refractivity contribution in [2.24, 2.45) is 0 Å². The second-order valence-electron chi connectivity index (χ2n) is 5.05. The molecule has 0 amide bonds. The average molecular weight is 269 g/mol. The van der Waals surface area contributed by atoms with Crippen molar-refractivity contribution in [3.63, 3.8) is 0 Å². The van der Waals surface area contributed by atoms with Gasteiger partial charge >= 0.3 is 0 Å². The lowest BCUT2D eigenvalue weighted by Gasteiger charge is -2.16. The number of para-hydroxylation sites is 1. The SMILES string of the molecule is CCOc1ccccc1CNC(C)c1ccc(C)cc1. The predicted molar refractivity (Wildman–Crippen MR) is 84.0 cm³/mol. The summed E-state index contributed by atoms with van der Waals surface area (Å²) in [6.07, 6.45) is 0. The van der Waals surface area contributed by atoms with Crippen LogP contribution in [0.2, 0.25) is 0 Å². The van der Waals surface area contributed by atoms with Crippen LogP contribution in [0.1, 0.15) is 36.6 Å². The lowest BCUT2D eigenvalue weighted by Crippen LogP contribution is -2.18. The van der Waals surface area contributed by atoms with E-state index in [0.717, 1.165) is 12.3 Å². The zero-order valence-electron chi connectivity index (χ0n) is 12.5. The molecule has 0 aliphatic heterocycles. The van der Waals surface area contributed by atoms with Gasteiger partial charge in [0, 0.05) is 18.2 Å². The maximum absolute atomic E-state index is 5.65. The molecule has 1 atom stereocenters. The van der Waals surface area contributed by atoms with Crippen molar-refractivity contribution in [1.82, 2.24) is 5.32 Å². The van der Waals surface area contributed by atoms with Crippen LogP contribution in [-0.4, -0.2) is 6.61 Å². The molecule has 1 N–H and O–H groups in total. The molecule has 2 aromatic rings. The van der Waals surface area contributed by atoms with Crippen molar-refractivity contribution in [1.29, 1.82) is 0 Å². The first kappa shape index (κ1) is 14.6. The summed E-state index contributed by atoms with van der Waals surface area (Å²) in [5.41, 5.74) is 3.81. The number of benzene rings is 2. The van der Waals surface area contributed by atoms with E-state index in [0.29, 0.717) is 12.6 Å². The first-order valence-corrected chi connectivity index (χ1v) is 7.21. The van der Waals surface area contributed by atoms with E-state index in [1.54, 1.807) is 0 Å². The van der Waals surface area contributed by atoms with Crippen LogP contribution in [-0.2, 0) is 6.54 Å². The van der Waals surface area contributed by atoms with Crippen LogP contribution in [0.3, 0.4) is 0 Å². The Morgan fingerprint density at radius 1 is 1.05 bits per heavy atom. The first-order chi connectivity index (χ1) is 9.70. The van der Waals surface area contributed by atoms with Crippen LogP contribution in [0.25, 0.3) is 0 Å². The van der Waals surface area contributed by atoms with Gasteiger partial charge in [-0.3, -0.25) is 0 Å². The molecular weight excluding hydrogens is 246 g/mol. The molecule has 2 aromatic carbocycles. The molecule has 0 heterocycles. The highest BCUT2D eigenvalue weighted by atomic mass is 16.5. The molecule has 0 aliphatic rings. The monoisotopic (exact) mass is 269 g/mol. The van der Waals surface area contributed by atoms with Gasteiger partial charge in [-0.05, 0) is 32.4 Å². The highest BCUT2D eigenvalue weighted by Gasteiger charge is 2.07. The van der Waals surface area contributed by atoms with Crippen LogP contribution in [0, 0.1) is 6.92 Å². The minimum atomic E-state index is 0.324. The van der Waals surface area contributed by atoms with Crippen molar-refractivity contribution >= 4 is 0 Å². The van der Waals surface area contributed by atoms with Crippen LogP contribution >= 0.6 is 0 Å². The van der Waals surface area contributed by atoms with E-state index in [4.69, 9.17) is 4.74 Å². The Kier molecular flexibility index (Phi) is 5.19. The fraction of sp³-hybridized carbons (Fsp3) is 0.333. The smallest absolute Gasteiger partial charge is 0.123 e. The van der Waals surface area contributed by atoms with Crippen molar-refractivity contribution in [2.75, 3.05) is 6.61 Å². The second-order valence-corrected chi connectivity index (χ2v) is 5.05. The fourth-order valence-corrected chi connectivity index (χ4v) is 2.18. The van der Waals surface area contributed by atoms with E-state index >= 15 is 0 Å². The first-order valence-electron chi connectivity index (χ1n) is 7.21. The Morgan fingerprint density at radius 2 is 1.75 bits per heavy atom. The number of ether oxygens (including phenoxy) is 1. The molecule has 1 unspecified atom stereocenters. The molecule has 0 saturated carbocycles. The Labute approximate surface area is 121 Å². The minimum absolute atomic E-state index is 0.324. The van der Waals surface area contributed by atoms with Crippen LogP contribution < -0.4 is 10.1 Å². The summed E-state index contributed by atoms with van der Waals surface area (Å²) in [5.74, 6) is 0.971. The summed E-state index contributed by atoms with van der Waals surface area (Å²) in [6, 6.07) is 17.2. The molecule has 0 aliphatic carbocycles. The summed E-state index contributed by atoms with van der Waals surface area (Å²) >= 11 is 0. The maximum Gasteiger partial charge on any atom is 0.123 e. The molecule has 20 heavy (non-hydrogen) atoms. The number of aryl methyl sites for hydroxylation is 1. The van der Waals surface area contributed by atoms with Gasteiger partial charge in [-0.25, -0.2) is 0 Å². The average Bonchev–Trinajstić information content (AvgIpc) is 2.47. The predicted octanol–water partition coefficient (Wildman–Crippen LogP) is 4.24. The molecule has 0 bridgehead atoms. The molecule has 0 spiro atoms. The Balaban J connectivity index is 1.99. The van der Waals surface area contributed by atoms with Gasteiger partial charge in [0.15, 0.2) is 0 Å². The van der Waals surface area contributed by atoms with Gasteiger partial charge in [-0.15, -0.1) is 0 Å². The number of hydrogen-bond acceptors (Lipinski definition) is 2. The van der Waals surface area contributed by atoms with Gasteiger partial charge in [-0.2, -0.15) is 0 Å². The Bertz CT molecular complexity index is 533. The molecule has 0 radical (unpaired) electrons. The fourth-order valence-electron chi connectivity index (χ4n) is 2.18. The molecule has 0 aromatic heterocycles. The highest BCUT2D eigenvalue weighted by Crippen LogP contribution is 2.19. The molecule has 106 valence electrons. The number of hydrogen-bond donors (Lipinski definition) is 1. The number of nitrogens with one attached hydrogen (secondary N) is 1. The summed E-state index contributed by atoms with van der Waals surface area (Å²) < 4.78 is 5.65. The minimum Gasteiger partial charge on any atom is -0.494 e. The second kappa shape index (κ2) is 7.11. The van der Waals surface area contributed by atoms with Gasteiger partial charge in [0.2, 0.25) is 0 Å². The van der Waals surface area contributed by atoms with Crippen molar-refractivity contribution < 1.29 is 4.74 Å². The topological polar surface area (TPSA) is 21.3 Å². The van der Waals surface area contributed by atoms with E-state index < -0.39 is 0 Å². The quantitative estimate of drug-likeness (QED) is 0.846. The molecule has 2 nitrogen and oxygen atoms in total. The number of rotatable bonds is 6. The molecule has 2 heteroatoms. The molecule has 0 fully saturated rings. The molecule has 0 saturated heterocycles. The van der Waals surface area contributed by atoms with Gasteiger partial charge in [0.1, 0.15) is 5.75 Å². The van der Waals surface area contributed by atoms with Crippen molar-refractivity contribution in [2.45, 2.75) is 33.4 Å². The lowest BCUT2D eigenvalue weighted by atomic mass is 10.1. The van der Waals surface area contributed by atoms with Crippen LogP contribution in [0.5, 0.6) is 5.75 Å². The zero-order valence-corrected chi connectivity index (χ0v) is 12.5. The highest BCUT2D eigenvalue weighted by molar-refractivity contribution is 5.33. The van der Waals surface area contributed by atoms with E-state index in [2.05, 4.69) is 55.6 Å². The van der Waals surface area contributed by atoms with Crippen LogP contribution in [0.4, 0.5) is 0 Å². The van der Waals surface area contributed by atoms with Crippen molar-refractivity contribution in [3.05, 3.63) is 65.2 Å². The van der Waals surface area contributed by atoms with E-state index in [-0.39, 0.29) is 0 Å². The largest absolute Gasteiger partial charge is 0.494 e. The Morgan fingerprint density at radius 3 is 2.45 bits per heavy atom. The van der Waals surface area contributed by atoms with Gasteiger partial charge in [-0.1, -0.05) is 48.0 Å². The van der Waals surface area contributed by atoms with Gasteiger partial charge in [0.05, 0.1) is 6.61 Å².